The smallest absolute Gasteiger partial charge is 0.329 e. The van der Waals surface area contributed by atoms with E-state index in [4.69, 9.17) is 9.15 Å². The lowest BCUT2D eigenvalue weighted by atomic mass is 9.89. The maximum absolute atomic E-state index is 14.9. The highest BCUT2D eigenvalue weighted by Gasteiger charge is 2.39. The summed E-state index contributed by atoms with van der Waals surface area (Å²) in [5.41, 5.74) is 3.26. The van der Waals surface area contributed by atoms with Crippen molar-refractivity contribution >= 4 is 34.7 Å². The zero-order valence-corrected chi connectivity index (χ0v) is 32.0. The van der Waals surface area contributed by atoms with Gasteiger partial charge < -0.3 is 29.8 Å². The second kappa shape index (κ2) is 18.7. The summed E-state index contributed by atoms with van der Waals surface area (Å²) in [7, 11) is 0. The van der Waals surface area contributed by atoms with Crippen LogP contribution in [-0.4, -0.2) is 113 Å². The van der Waals surface area contributed by atoms with Crippen LogP contribution in [0.25, 0.3) is 22.4 Å². The van der Waals surface area contributed by atoms with E-state index in [1.54, 1.807) is 42.2 Å². The van der Waals surface area contributed by atoms with Gasteiger partial charge in [-0.05, 0) is 43.9 Å². The molecule has 1 saturated heterocycles. The van der Waals surface area contributed by atoms with E-state index in [1.807, 2.05) is 26.0 Å². The van der Waals surface area contributed by atoms with Gasteiger partial charge in [0, 0.05) is 38.4 Å². The molecule has 3 amide bonds. The molecular weight excluding hydrogens is 739 g/mol. The Balaban J connectivity index is 1.16. The number of allylic oxidation sites excluding steroid dienone is 2. The van der Waals surface area contributed by atoms with Gasteiger partial charge in [-0.25, -0.2) is 19.2 Å². The lowest BCUT2D eigenvalue weighted by molar-refractivity contribution is -0.159. The number of hydrogen-bond donors (Lipinski definition) is 4. The molecule has 2 bridgehead atoms. The summed E-state index contributed by atoms with van der Waals surface area (Å²) in [4.78, 5) is 63.7. The van der Waals surface area contributed by atoms with E-state index in [9.17, 15) is 28.7 Å². The Labute approximate surface area is 327 Å². The first-order chi connectivity index (χ1) is 27.4. The Hall–Kier alpha value is -6.04. The van der Waals surface area contributed by atoms with Crippen molar-refractivity contribution in [1.82, 2.24) is 50.7 Å². The molecule has 6 rings (SSSR count). The van der Waals surface area contributed by atoms with Crippen molar-refractivity contribution in [2.75, 3.05) is 19.6 Å². The van der Waals surface area contributed by atoms with Gasteiger partial charge in [-0.1, -0.05) is 48.9 Å². The van der Waals surface area contributed by atoms with Gasteiger partial charge >= 0.3 is 5.97 Å². The number of aliphatic hydroxyl groups excluding tert-OH is 1. The Bertz CT molecular complexity index is 2140. The molecule has 5 unspecified atom stereocenters. The van der Waals surface area contributed by atoms with Crippen LogP contribution in [0.15, 0.2) is 71.2 Å². The van der Waals surface area contributed by atoms with E-state index >= 15 is 0 Å². The van der Waals surface area contributed by atoms with E-state index < -0.39 is 48.1 Å². The van der Waals surface area contributed by atoms with Crippen LogP contribution in [0.1, 0.15) is 62.8 Å². The summed E-state index contributed by atoms with van der Waals surface area (Å²) in [6.45, 7) is 6.36. The monoisotopic (exact) mass is 786 g/mol. The molecule has 18 heteroatoms. The molecule has 4 aromatic rings. The molecule has 57 heavy (non-hydrogen) atoms. The third kappa shape index (κ3) is 10.8. The molecule has 0 spiro atoms. The minimum absolute atomic E-state index is 0.00852. The third-order valence-corrected chi connectivity index (χ3v) is 9.69. The quantitative estimate of drug-likeness (QED) is 0.199. The number of halogens is 1. The number of rotatable bonds is 7. The van der Waals surface area contributed by atoms with Crippen LogP contribution in [0, 0.1) is 11.8 Å². The lowest BCUT2D eigenvalue weighted by Gasteiger charge is -2.30. The highest BCUT2D eigenvalue weighted by Crippen LogP contribution is 2.27. The second-order valence-corrected chi connectivity index (χ2v) is 14.5. The molecule has 0 aliphatic carbocycles. The molecule has 5 atom stereocenters. The number of ether oxygens (including phenoxy) is 1. The second-order valence-electron chi connectivity index (χ2n) is 14.5. The van der Waals surface area contributed by atoms with Crippen LogP contribution in [0.2, 0.25) is 0 Å². The number of aromatic amines is 1. The molecule has 0 saturated carbocycles. The first kappa shape index (κ1) is 40.6. The van der Waals surface area contributed by atoms with Gasteiger partial charge in [-0.3, -0.25) is 24.2 Å². The van der Waals surface area contributed by atoms with Crippen molar-refractivity contribution in [2.24, 2.45) is 11.8 Å². The molecule has 0 aromatic carbocycles. The van der Waals surface area contributed by atoms with Crippen molar-refractivity contribution < 1.29 is 37.8 Å². The van der Waals surface area contributed by atoms with Crippen molar-refractivity contribution in [3.8, 4) is 11.4 Å². The number of pyridine rings is 1. The van der Waals surface area contributed by atoms with Gasteiger partial charge in [-0.2, -0.15) is 5.10 Å². The first-order valence-electron chi connectivity index (χ1n) is 19.0. The van der Waals surface area contributed by atoms with E-state index in [2.05, 4.69) is 41.1 Å². The Kier molecular flexibility index (Phi) is 13.3. The van der Waals surface area contributed by atoms with E-state index in [-0.39, 0.29) is 62.3 Å². The van der Waals surface area contributed by atoms with Gasteiger partial charge in [0.2, 0.25) is 11.8 Å². The number of amides is 3. The average molecular weight is 787 g/mol. The predicted octanol–water partition coefficient (Wildman–Crippen LogP) is 3.02. The van der Waals surface area contributed by atoms with Crippen molar-refractivity contribution in [3.63, 3.8) is 0 Å². The zero-order chi connectivity index (χ0) is 40.5. The van der Waals surface area contributed by atoms with Crippen molar-refractivity contribution in [2.45, 2.75) is 83.8 Å². The number of hydrogen-bond acceptors (Lipinski definition) is 12. The summed E-state index contributed by atoms with van der Waals surface area (Å²) in [5, 5.41) is 31.3. The zero-order valence-electron chi connectivity index (χ0n) is 32.0. The molecule has 4 N–H and O–H groups in total. The van der Waals surface area contributed by atoms with Gasteiger partial charge in [-0.15, -0.1) is 5.10 Å². The number of nitrogens with one attached hydrogen (secondary N) is 3. The average Bonchev–Trinajstić information content (AvgIpc) is 4.01. The summed E-state index contributed by atoms with van der Waals surface area (Å²) in [6.07, 6.45) is 9.04. The van der Waals surface area contributed by atoms with E-state index in [0.29, 0.717) is 41.9 Å². The Morgan fingerprint density at radius 1 is 1.14 bits per heavy atom. The number of fused-ring (bicyclic) bond motifs is 4. The van der Waals surface area contributed by atoms with Crippen LogP contribution in [0.4, 0.5) is 4.39 Å². The molecule has 1 fully saturated rings. The van der Waals surface area contributed by atoms with Gasteiger partial charge in [0.05, 0.1) is 42.7 Å². The van der Waals surface area contributed by atoms with Crippen LogP contribution >= 0.6 is 0 Å². The standard InChI is InChI=1S/C39H47FN10O7/c1-23(2)37-25(17-35(53)42-13-15-49-21-31(47-48-49)28-9-10-29-30(44-28)20-43-46-29)8-11-34(52)41-12-4-6-24(3)16-27(51)18-26(40)19-36-45-32(22-56-36)38(54)50-14-5-7-33(50)39(55)57-37/h4,6,8-11,16,20-23,25-27,33,37,51H,5,7,12-15,17-19H2,1-3H3,(H,41,52)(H,42,53)(H,43,46)/b6-4+,11-8+,24-16+. The maximum atomic E-state index is 14.9. The first-order valence-corrected chi connectivity index (χ1v) is 19.0. The third-order valence-electron chi connectivity index (χ3n) is 9.69. The molecule has 6 heterocycles. The van der Waals surface area contributed by atoms with Gasteiger partial charge in [0.15, 0.2) is 11.6 Å². The molecule has 2 aliphatic rings. The van der Waals surface area contributed by atoms with Gasteiger partial charge in [0.1, 0.15) is 35.8 Å². The van der Waals surface area contributed by atoms with Crippen molar-refractivity contribution in [1.29, 1.82) is 0 Å². The number of oxazole rings is 1. The highest BCUT2D eigenvalue weighted by molar-refractivity contribution is 5.95. The number of nitrogens with zero attached hydrogens (tertiary/aromatic N) is 7. The molecule has 302 valence electrons. The lowest BCUT2D eigenvalue weighted by Crippen LogP contribution is -2.44. The predicted molar refractivity (Wildman–Crippen MR) is 204 cm³/mol. The largest absolute Gasteiger partial charge is 0.460 e. The molecule has 4 aromatic heterocycles. The molecule has 2 aliphatic heterocycles. The minimum Gasteiger partial charge on any atom is -0.460 e. The molecule has 17 nitrogen and oxygen atoms in total. The summed E-state index contributed by atoms with van der Waals surface area (Å²) < 4.78 is 28.0. The molecule has 0 radical (unpaired) electrons. The number of cyclic esters (lactones) is 1. The number of aromatic nitrogens is 7. The minimum atomic E-state index is -1.51. The van der Waals surface area contributed by atoms with E-state index in [1.165, 1.54) is 17.1 Å². The fraction of sp³-hybridized carbons (Fsp3) is 0.462. The van der Waals surface area contributed by atoms with Crippen LogP contribution < -0.4 is 10.6 Å². The number of H-pyrrole nitrogens is 1. The van der Waals surface area contributed by atoms with Crippen LogP contribution in [0.3, 0.4) is 0 Å². The van der Waals surface area contributed by atoms with E-state index in [0.717, 1.165) is 11.8 Å². The van der Waals surface area contributed by atoms with Crippen LogP contribution in [-0.2, 0) is 32.1 Å². The summed E-state index contributed by atoms with van der Waals surface area (Å²) >= 11 is 0. The Morgan fingerprint density at radius 3 is 2.81 bits per heavy atom. The number of esters is 1. The van der Waals surface area contributed by atoms with Gasteiger partial charge in [0.25, 0.3) is 5.91 Å². The number of alkyl halides is 1. The number of carbonyl (C=O) groups excluding carboxylic acids is 4. The highest BCUT2D eigenvalue weighted by atomic mass is 19.1. The van der Waals surface area contributed by atoms with Crippen LogP contribution in [0.5, 0.6) is 0 Å². The normalized spacial score (nSPS) is 25.0. The Morgan fingerprint density at radius 2 is 1.98 bits per heavy atom. The number of aliphatic hydroxyl groups is 1. The maximum Gasteiger partial charge on any atom is 0.329 e. The molecular formula is C39H47FN10O7. The summed E-state index contributed by atoms with van der Waals surface area (Å²) in [5.74, 6) is -3.02. The fourth-order valence-electron chi connectivity index (χ4n) is 6.86. The fourth-order valence-corrected chi connectivity index (χ4v) is 6.86. The SMILES string of the molecule is CC1=C\C(O)CC(F)Cc2nc(co2)C(=O)N2CCCC2C(=O)OC(C(C)C)C(CC(=O)NCCn2cc(-c3ccc4[nH]ncc4n3)nn2)/C=C/C(=O)NC\C=C\1. The topological polar surface area (TPSA) is 223 Å². The number of carbonyl (C=O) groups is 4. The van der Waals surface area contributed by atoms with Crippen molar-refractivity contribution in [3.05, 3.63) is 78.3 Å². The summed E-state index contributed by atoms with van der Waals surface area (Å²) in [6, 6.07) is 2.73.